The summed E-state index contributed by atoms with van der Waals surface area (Å²) in [6.45, 7) is 1.49. The van der Waals surface area contributed by atoms with Gasteiger partial charge in [0.25, 0.3) is 15.7 Å². The van der Waals surface area contributed by atoms with Crippen LogP contribution in [0.3, 0.4) is 0 Å². The molecule has 0 bridgehead atoms. The number of rotatable bonds is 4. The first-order chi connectivity index (χ1) is 9.70. The molecule has 2 rings (SSSR count). The number of aryl methyl sites for hydroxylation is 1. The van der Waals surface area contributed by atoms with Gasteiger partial charge in [-0.2, -0.15) is 0 Å². The molecule has 0 saturated heterocycles. The summed E-state index contributed by atoms with van der Waals surface area (Å²) in [7, 11) is -4.02. The molecule has 0 saturated carbocycles. The minimum Gasteiger partial charge on any atom is -0.279 e. The third kappa shape index (κ3) is 3.31. The largest absolute Gasteiger partial charge is 0.300 e. The molecule has 6 nitrogen and oxygen atoms in total. The normalized spacial score (nSPS) is 11.4. The van der Waals surface area contributed by atoms with Crippen LogP contribution in [0.5, 0.6) is 0 Å². The van der Waals surface area contributed by atoms with E-state index in [2.05, 4.69) is 4.72 Å². The van der Waals surface area contributed by atoms with Crippen LogP contribution in [0.15, 0.2) is 28.5 Å². The van der Waals surface area contributed by atoms with Crippen molar-refractivity contribution in [1.82, 2.24) is 0 Å². The van der Waals surface area contributed by atoms with Gasteiger partial charge in [0.05, 0.1) is 4.92 Å². The zero-order chi connectivity index (χ0) is 15.8. The molecular formula is C11H8ClFN2O4S2. The Balaban J connectivity index is 2.36. The molecule has 1 heterocycles. The maximum absolute atomic E-state index is 13.1. The molecule has 0 amide bonds. The van der Waals surface area contributed by atoms with Crippen LogP contribution in [0, 0.1) is 22.9 Å². The third-order valence-electron chi connectivity index (χ3n) is 2.52. The van der Waals surface area contributed by atoms with Gasteiger partial charge in [0.2, 0.25) is 0 Å². The second kappa shape index (κ2) is 5.58. The minimum absolute atomic E-state index is 0.154. The van der Waals surface area contributed by atoms with Crippen LogP contribution in [-0.4, -0.2) is 13.3 Å². The minimum atomic E-state index is -4.02. The molecule has 0 aliphatic heterocycles. The summed E-state index contributed by atoms with van der Waals surface area (Å²) in [5, 5.41) is 10.7. The van der Waals surface area contributed by atoms with E-state index in [1.807, 2.05) is 0 Å². The first-order valence-corrected chi connectivity index (χ1v) is 8.11. The SMILES string of the molecule is Cc1cc(NS(=O)(=O)c2cc([N+](=O)[O-])c(Cl)s2)ccc1F. The summed E-state index contributed by atoms with van der Waals surface area (Å²) in [6.07, 6.45) is 0. The fourth-order valence-corrected chi connectivity index (χ4v) is 4.22. The number of benzene rings is 1. The van der Waals surface area contributed by atoms with E-state index in [4.69, 9.17) is 11.6 Å². The average Bonchev–Trinajstić information content (AvgIpc) is 2.77. The highest BCUT2D eigenvalue weighted by molar-refractivity contribution is 7.94. The van der Waals surface area contributed by atoms with Gasteiger partial charge in [0, 0.05) is 11.8 Å². The zero-order valence-corrected chi connectivity index (χ0v) is 12.9. The fourth-order valence-electron chi connectivity index (χ4n) is 1.51. The van der Waals surface area contributed by atoms with Gasteiger partial charge in [-0.05, 0) is 30.7 Å². The van der Waals surface area contributed by atoms with Crippen molar-refractivity contribution in [1.29, 1.82) is 0 Å². The maximum atomic E-state index is 13.1. The topological polar surface area (TPSA) is 89.3 Å². The molecule has 1 N–H and O–H groups in total. The predicted octanol–water partition coefficient (Wildman–Crippen LogP) is 3.56. The molecule has 0 radical (unpaired) electrons. The molecule has 0 atom stereocenters. The zero-order valence-electron chi connectivity index (χ0n) is 10.5. The number of halogens is 2. The molecule has 0 aliphatic carbocycles. The van der Waals surface area contributed by atoms with E-state index in [-0.39, 0.29) is 19.8 Å². The summed E-state index contributed by atoms with van der Waals surface area (Å²) in [6, 6.07) is 4.57. The van der Waals surface area contributed by atoms with Crippen LogP contribution in [0.1, 0.15) is 5.56 Å². The second-order valence-corrected chi connectivity index (χ2v) is 7.61. The van der Waals surface area contributed by atoms with Gasteiger partial charge in [0.1, 0.15) is 10.0 Å². The van der Waals surface area contributed by atoms with Crippen molar-refractivity contribution in [3.05, 3.63) is 50.1 Å². The maximum Gasteiger partial charge on any atom is 0.300 e. The average molecular weight is 351 g/mol. The van der Waals surface area contributed by atoms with E-state index in [1.54, 1.807) is 0 Å². The molecular weight excluding hydrogens is 343 g/mol. The summed E-state index contributed by atoms with van der Waals surface area (Å²) in [5.74, 6) is -0.465. The molecule has 21 heavy (non-hydrogen) atoms. The van der Waals surface area contributed by atoms with Gasteiger partial charge in [-0.25, -0.2) is 12.8 Å². The lowest BCUT2D eigenvalue weighted by molar-refractivity contribution is -0.384. The number of sulfonamides is 1. The van der Waals surface area contributed by atoms with Crippen molar-refractivity contribution in [2.45, 2.75) is 11.1 Å². The van der Waals surface area contributed by atoms with E-state index in [1.165, 1.54) is 19.1 Å². The fraction of sp³-hybridized carbons (Fsp3) is 0.0909. The van der Waals surface area contributed by atoms with E-state index >= 15 is 0 Å². The van der Waals surface area contributed by atoms with Crippen molar-refractivity contribution >= 4 is 44.3 Å². The van der Waals surface area contributed by atoms with Crippen molar-refractivity contribution in [2.75, 3.05) is 4.72 Å². The molecule has 1 aromatic carbocycles. The highest BCUT2D eigenvalue weighted by Crippen LogP contribution is 2.36. The smallest absolute Gasteiger partial charge is 0.279 e. The van der Waals surface area contributed by atoms with Crippen molar-refractivity contribution in [2.24, 2.45) is 0 Å². The Hall–Kier alpha value is -1.71. The molecule has 0 unspecified atom stereocenters. The van der Waals surface area contributed by atoms with Crippen molar-refractivity contribution in [3.63, 3.8) is 0 Å². The van der Waals surface area contributed by atoms with E-state index in [0.717, 1.165) is 12.1 Å². The Morgan fingerprint density at radius 3 is 2.57 bits per heavy atom. The van der Waals surface area contributed by atoms with Crippen LogP contribution >= 0.6 is 22.9 Å². The predicted molar refractivity (Wildman–Crippen MR) is 77.9 cm³/mol. The van der Waals surface area contributed by atoms with Crippen molar-refractivity contribution in [3.8, 4) is 0 Å². The number of hydrogen-bond donors (Lipinski definition) is 1. The number of nitrogens with one attached hydrogen (secondary N) is 1. The van der Waals surface area contributed by atoms with E-state index in [0.29, 0.717) is 11.3 Å². The number of nitrogens with zero attached hydrogens (tertiary/aromatic N) is 1. The summed E-state index contributed by atoms with van der Waals surface area (Å²) in [4.78, 5) is 9.91. The number of hydrogen-bond acceptors (Lipinski definition) is 5. The van der Waals surface area contributed by atoms with Gasteiger partial charge in [0.15, 0.2) is 4.34 Å². The molecule has 0 spiro atoms. The van der Waals surface area contributed by atoms with Gasteiger partial charge in [-0.3, -0.25) is 14.8 Å². The summed E-state index contributed by atoms with van der Waals surface area (Å²) >= 11 is 6.21. The third-order valence-corrected chi connectivity index (χ3v) is 5.71. The Morgan fingerprint density at radius 1 is 1.38 bits per heavy atom. The van der Waals surface area contributed by atoms with Crippen LogP contribution in [0.25, 0.3) is 0 Å². The number of anilines is 1. The Kier molecular flexibility index (Phi) is 4.17. The van der Waals surface area contributed by atoms with E-state index in [9.17, 15) is 22.9 Å². The number of nitro groups is 1. The molecule has 10 heteroatoms. The van der Waals surface area contributed by atoms with Crippen LogP contribution in [0.4, 0.5) is 15.8 Å². The van der Waals surface area contributed by atoms with Crippen LogP contribution in [-0.2, 0) is 10.0 Å². The highest BCUT2D eigenvalue weighted by atomic mass is 35.5. The quantitative estimate of drug-likeness (QED) is 0.674. The lowest BCUT2D eigenvalue weighted by Crippen LogP contribution is -2.11. The van der Waals surface area contributed by atoms with Crippen LogP contribution in [0.2, 0.25) is 4.34 Å². The molecule has 112 valence electrons. The van der Waals surface area contributed by atoms with Gasteiger partial charge in [-0.1, -0.05) is 11.6 Å². The summed E-state index contributed by atoms with van der Waals surface area (Å²) in [5.41, 5.74) is -0.0520. The first kappa shape index (κ1) is 15.7. The van der Waals surface area contributed by atoms with Gasteiger partial charge >= 0.3 is 0 Å². The monoisotopic (exact) mass is 350 g/mol. The lowest BCUT2D eigenvalue weighted by atomic mass is 10.2. The first-order valence-electron chi connectivity index (χ1n) is 5.43. The lowest BCUT2D eigenvalue weighted by Gasteiger charge is -2.07. The van der Waals surface area contributed by atoms with Gasteiger partial charge in [-0.15, -0.1) is 11.3 Å². The molecule has 0 aliphatic rings. The number of thiophene rings is 1. The Morgan fingerprint density at radius 2 is 2.05 bits per heavy atom. The molecule has 1 aromatic heterocycles. The summed E-state index contributed by atoms with van der Waals surface area (Å²) < 4.78 is 39.1. The standard InChI is InChI=1S/C11H8ClFN2O4S2/c1-6-4-7(2-3-8(6)13)14-21(18,19)10-5-9(15(16)17)11(12)20-10/h2-5,14H,1H3. The van der Waals surface area contributed by atoms with Crippen molar-refractivity contribution < 1.29 is 17.7 Å². The second-order valence-electron chi connectivity index (χ2n) is 4.05. The van der Waals surface area contributed by atoms with Gasteiger partial charge < -0.3 is 0 Å². The molecule has 0 fully saturated rings. The van der Waals surface area contributed by atoms with Crippen LogP contribution < -0.4 is 4.72 Å². The Labute approximate surface area is 128 Å². The Bertz CT molecular complexity index is 820. The highest BCUT2D eigenvalue weighted by Gasteiger charge is 2.25. The van der Waals surface area contributed by atoms with E-state index < -0.39 is 26.5 Å². The molecule has 2 aromatic rings.